The Labute approximate surface area is 278 Å². The number of rotatable bonds is 7. The van der Waals surface area contributed by atoms with E-state index in [-0.39, 0.29) is 60.6 Å². The Balaban J connectivity index is 1.77. The molecule has 0 radical (unpaired) electrons. The fourth-order valence-corrected chi connectivity index (χ4v) is 6.60. The molecule has 2 aromatic heterocycles. The lowest BCUT2D eigenvalue weighted by Gasteiger charge is -2.31. The highest BCUT2D eigenvalue weighted by Gasteiger charge is 2.30. The molecule has 0 saturated heterocycles. The van der Waals surface area contributed by atoms with Gasteiger partial charge >= 0.3 is 0 Å². The summed E-state index contributed by atoms with van der Waals surface area (Å²) in [5.74, 6) is 0.0670. The minimum absolute atomic E-state index is 0.0355. The minimum atomic E-state index is -0.611. The van der Waals surface area contributed by atoms with Crippen LogP contribution in [0.1, 0.15) is 78.9 Å². The van der Waals surface area contributed by atoms with Crippen LogP contribution < -0.4 is 16.0 Å². The number of thiazole rings is 1. The second-order valence-electron chi connectivity index (χ2n) is 12.3. The predicted octanol–water partition coefficient (Wildman–Crippen LogP) is 3.31. The molecule has 248 valence electrons. The van der Waals surface area contributed by atoms with Crippen LogP contribution in [0.4, 0.5) is 0 Å². The van der Waals surface area contributed by atoms with E-state index in [9.17, 15) is 19.2 Å². The number of nitrogens with one attached hydrogen (secondary N) is 3. The van der Waals surface area contributed by atoms with Gasteiger partial charge in [-0.1, -0.05) is 58.0 Å². The maximum atomic E-state index is 13.7. The number of carbonyl (C=O) groups excluding carboxylic acids is 4. The maximum absolute atomic E-state index is 13.7. The van der Waals surface area contributed by atoms with Gasteiger partial charge in [-0.05, 0) is 43.4 Å². The Hall–Kier alpha value is -3.78. The first kappa shape index (κ1) is 35.1. The van der Waals surface area contributed by atoms with Crippen molar-refractivity contribution in [2.75, 3.05) is 25.1 Å². The summed E-state index contributed by atoms with van der Waals surface area (Å²) in [6.07, 6.45) is 2.85. The van der Waals surface area contributed by atoms with Crippen molar-refractivity contribution in [3.8, 4) is 0 Å². The van der Waals surface area contributed by atoms with Crippen LogP contribution in [0.2, 0.25) is 0 Å². The largest absolute Gasteiger partial charge is 0.350 e. The summed E-state index contributed by atoms with van der Waals surface area (Å²) in [6, 6.07) is 8.23. The van der Waals surface area contributed by atoms with E-state index >= 15 is 0 Å². The summed E-state index contributed by atoms with van der Waals surface area (Å²) in [7, 11) is 0. The Morgan fingerprint density at radius 1 is 1.00 bits per heavy atom. The molecule has 1 aromatic carbocycles. The van der Waals surface area contributed by atoms with E-state index in [0.29, 0.717) is 29.5 Å². The molecule has 1 aliphatic rings. The van der Waals surface area contributed by atoms with Gasteiger partial charge < -0.3 is 20.9 Å². The van der Waals surface area contributed by atoms with Crippen LogP contribution in [0, 0.1) is 18.8 Å². The zero-order valence-corrected chi connectivity index (χ0v) is 28.9. The SMILES string of the molecule is CSCC(=O)N1CC(=O)N[C@@H](CC(C)C)c2nc(cs2)C(=O)N[C@@H](Cc2ccccc2)c2nc(C)nn2CC(=O)N[C@@H](C(C)C)C1. The van der Waals surface area contributed by atoms with Crippen molar-refractivity contribution in [2.24, 2.45) is 11.8 Å². The van der Waals surface area contributed by atoms with Gasteiger partial charge in [0.05, 0.1) is 24.4 Å². The van der Waals surface area contributed by atoms with Gasteiger partial charge in [-0.3, -0.25) is 19.2 Å². The molecule has 3 heterocycles. The quantitative estimate of drug-likeness (QED) is 0.347. The third-order valence-electron chi connectivity index (χ3n) is 7.62. The van der Waals surface area contributed by atoms with Gasteiger partial charge in [0.2, 0.25) is 17.7 Å². The molecule has 3 aromatic rings. The molecule has 14 heteroatoms. The fourth-order valence-electron chi connectivity index (χ4n) is 5.31. The van der Waals surface area contributed by atoms with Gasteiger partial charge in [-0.15, -0.1) is 11.3 Å². The van der Waals surface area contributed by atoms with E-state index in [0.717, 1.165) is 5.56 Å². The van der Waals surface area contributed by atoms with Gasteiger partial charge in [0.25, 0.3) is 5.91 Å². The van der Waals surface area contributed by atoms with Gasteiger partial charge in [-0.25, -0.2) is 14.6 Å². The zero-order chi connectivity index (χ0) is 33.4. The number of thioether (sulfide) groups is 1. The Morgan fingerprint density at radius 2 is 1.72 bits per heavy atom. The molecule has 1 aliphatic heterocycles. The number of aryl methyl sites for hydroxylation is 1. The summed E-state index contributed by atoms with van der Waals surface area (Å²) in [4.78, 5) is 64.6. The van der Waals surface area contributed by atoms with Crippen molar-refractivity contribution in [3.63, 3.8) is 0 Å². The van der Waals surface area contributed by atoms with Gasteiger partial charge in [-0.2, -0.15) is 16.9 Å². The lowest BCUT2D eigenvalue weighted by Crippen LogP contribution is -2.52. The molecule has 4 rings (SSSR count). The highest BCUT2D eigenvalue weighted by molar-refractivity contribution is 7.99. The predicted molar refractivity (Wildman–Crippen MR) is 179 cm³/mol. The van der Waals surface area contributed by atoms with E-state index in [1.54, 1.807) is 12.3 Å². The maximum Gasteiger partial charge on any atom is 0.271 e. The molecule has 46 heavy (non-hydrogen) atoms. The van der Waals surface area contributed by atoms with E-state index < -0.39 is 24.0 Å². The number of hydrogen-bond acceptors (Lipinski definition) is 9. The van der Waals surface area contributed by atoms with Gasteiger partial charge in [0, 0.05) is 18.0 Å². The topological polar surface area (TPSA) is 151 Å². The number of aromatic nitrogens is 4. The zero-order valence-electron chi connectivity index (χ0n) is 27.3. The summed E-state index contributed by atoms with van der Waals surface area (Å²) in [5, 5.41) is 16.0. The third kappa shape index (κ3) is 9.61. The second kappa shape index (κ2) is 16.2. The molecule has 0 fully saturated rings. The second-order valence-corrected chi connectivity index (χ2v) is 14.1. The Kier molecular flexibility index (Phi) is 12.3. The number of benzene rings is 1. The molecular weight excluding hydrogens is 625 g/mol. The third-order valence-corrected chi connectivity index (χ3v) is 9.11. The number of hydrogen-bond donors (Lipinski definition) is 3. The average Bonchev–Trinajstić information content (AvgIpc) is 3.62. The molecule has 12 nitrogen and oxygen atoms in total. The van der Waals surface area contributed by atoms with E-state index in [1.807, 2.05) is 50.4 Å². The van der Waals surface area contributed by atoms with E-state index in [1.165, 1.54) is 32.7 Å². The first-order valence-corrected chi connectivity index (χ1v) is 17.8. The molecular formula is C32H44N8O4S2. The highest BCUT2D eigenvalue weighted by atomic mass is 32.2. The fraction of sp³-hybridized carbons (Fsp3) is 0.531. The van der Waals surface area contributed by atoms with Crippen molar-refractivity contribution >= 4 is 46.7 Å². The van der Waals surface area contributed by atoms with Crippen LogP contribution in [0.25, 0.3) is 0 Å². The molecule has 3 N–H and O–H groups in total. The van der Waals surface area contributed by atoms with Crippen LogP contribution in [0.15, 0.2) is 35.7 Å². The van der Waals surface area contributed by atoms with Crippen LogP contribution >= 0.6 is 23.1 Å². The van der Waals surface area contributed by atoms with Crippen LogP contribution in [-0.4, -0.2) is 79.4 Å². The Morgan fingerprint density at radius 3 is 2.39 bits per heavy atom. The van der Waals surface area contributed by atoms with Crippen molar-refractivity contribution in [3.05, 3.63) is 63.6 Å². The lowest BCUT2D eigenvalue weighted by molar-refractivity contribution is -0.135. The van der Waals surface area contributed by atoms with Gasteiger partial charge in [0.15, 0.2) is 5.82 Å². The smallest absolute Gasteiger partial charge is 0.271 e. The number of nitrogens with zero attached hydrogens (tertiary/aromatic N) is 5. The molecule has 0 spiro atoms. The van der Waals surface area contributed by atoms with E-state index in [2.05, 4.69) is 44.9 Å². The van der Waals surface area contributed by atoms with E-state index in [4.69, 9.17) is 0 Å². The molecule has 0 aliphatic carbocycles. The number of carbonyl (C=O) groups is 4. The van der Waals surface area contributed by atoms with Crippen LogP contribution in [0.5, 0.6) is 0 Å². The molecule has 2 bridgehead atoms. The summed E-state index contributed by atoms with van der Waals surface area (Å²) >= 11 is 2.69. The first-order valence-electron chi connectivity index (χ1n) is 15.5. The lowest BCUT2D eigenvalue weighted by atomic mass is 10.0. The molecule has 0 saturated carbocycles. The van der Waals surface area contributed by atoms with Crippen molar-refractivity contribution in [1.82, 2.24) is 40.6 Å². The number of amides is 4. The van der Waals surface area contributed by atoms with Crippen molar-refractivity contribution < 1.29 is 19.2 Å². The first-order chi connectivity index (χ1) is 21.9. The normalized spacial score (nSPS) is 20.0. The Bertz CT molecular complexity index is 1510. The van der Waals surface area contributed by atoms with Crippen molar-refractivity contribution in [1.29, 1.82) is 0 Å². The molecule has 4 amide bonds. The molecule has 3 atom stereocenters. The number of fused-ring (bicyclic) bond motifs is 3. The summed E-state index contributed by atoms with van der Waals surface area (Å²) in [5.41, 5.74) is 1.19. The highest BCUT2D eigenvalue weighted by Crippen LogP contribution is 2.26. The van der Waals surface area contributed by atoms with Crippen LogP contribution in [0.3, 0.4) is 0 Å². The summed E-state index contributed by atoms with van der Waals surface area (Å²) in [6.45, 7) is 9.63. The standard InChI is InChI=1S/C32H44N8O4S2/c1-19(2)12-24-32-37-26(17-46-32)31(44)36-23(13-22-10-8-7-9-11-22)30-33-21(5)38-40(30)16-28(42)35-25(20(3)4)14-39(15-27(41)34-24)29(43)18-45-6/h7-11,17,19-20,23-25H,12-16,18H2,1-6H3,(H,34,41)(H,35,42)(H,36,44)/t23-,24-,25+/m0/s1. The van der Waals surface area contributed by atoms with Crippen molar-refractivity contribution in [2.45, 2.75) is 72.1 Å². The van der Waals surface area contributed by atoms with Gasteiger partial charge in [0.1, 0.15) is 23.1 Å². The average molecular weight is 669 g/mol. The summed E-state index contributed by atoms with van der Waals surface area (Å²) < 4.78 is 1.52. The molecule has 0 unspecified atom stereocenters. The monoisotopic (exact) mass is 668 g/mol. The van der Waals surface area contributed by atoms with Crippen LogP contribution in [-0.2, 0) is 27.3 Å². The minimum Gasteiger partial charge on any atom is -0.350 e.